The van der Waals surface area contributed by atoms with Crippen LogP contribution in [-0.4, -0.2) is 87.5 Å². The second-order valence-electron chi connectivity index (χ2n) is 16.9. The molecule has 1 aliphatic rings. The number of allylic oxidation sites excluding steroid dienone is 1. The van der Waals surface area contributed by atoms with Crippen LogP contribution in [-0.2, 0) is 14.3 Å². The number of ether oxygens (including phenoxy) is 2. The van der Waals surface area contributed by atoms with E-state index in [-0.39, 0.29) is 12.5 Å². The third-order valence-corrected chi connectivity index (χ3v) is 11.6. The average molecular weight is 798 g/mol. The summed E-state index contributed by atoms with van der Waals surface area (Å²) in [6.07, 6.45) is 36.9. The topological polar surface area (TPSA) is 149 Å². The molecule has 1 aliphatic heterocycles. The van der Waals surface area contributed by atoms with E-state index in [2.05, 4.69) is 19.2 Å². The van der Waals surface area contributed by atoms with Crippen LogP contribution in [0.15, 0.2) is 12.2 Å². The van der Waals surface area contributed by atoms with Crippen LogP contribution in [0.3, 0.4) is 0 Å². The van der Waals surface area contributed by atoms with E-state index in [1.54, 1.807) is 6.08 Å². The first-order valence-electron chi connectivity index (χ1n) is 23.9. The summed E-state index contributed by atoms with van der Waals surface area (Å²) in [5, 5.41) is 54.2. The van der Waals surface area contributed by atoms with Gasteiger partial charge in [-0.2, -0.15) is 0 Å². The monoisotopic (exact) mass is 798 g/mol. The second kappa shape index (κ2) is 38.2. The van der Waals surface area contributed by atoms with Gasteiger partial charge in [0.2, 0.25) is 5.91 Å². The lowest BCUT2D eigenvalue weighted by molar-refractivity contribution is -0.302. The molecular formula is C47H91NO8. The number of amides is 1. The van der Waals surface area contributed by atoms with Crippen LogP contribution in [0.5, 0.6) is 0 Å². The van der Waals surface area contributed by atoms with Crippen molar-refractivity contribution in [2.75, 3.05) is 13.2 Å². The van der Waals surface area contributed by atoms with Gasteiger partial charge >= 0.3 is 0 Å². The number of unbranched alkanes of at least 4 members (excludes halogenated alkanes) is 30. The largest absolute Gasteiger partial charge is 0.394 e. The van der Waals surface area contributed by atoms with E-state index < -0.39 is 49.5 Å². The number of hydrogen-bond donors (Lipinski definition) is 6. The Morgan fingerprint density at radius 2 is 0.982 bits per heavy atom. The molecule has 1 saturated heterocycles. The van der Waals surface area contributed by atoms with E-state index in [1.807, 2.05) is 6.08 Å². The third kappa shape index (κ3) is 28.4. The number of carbonyl (C=O) groups is 1. The SMILES string of the molecule is CCCCCCCCCCCC/C=C/[C@@H](O)[C@H](CO[C@@H]1O[C@H](CO)[C@@H](O)C(O)C1O)NC(=O)CCCCCCCCCCCCCCCCCCCCCCC. The average Bonchev–Trinajstić information content (AvgIpc) is 3.20. The molecule has 0 aromatic heterocycles. The standard InChI is InChI=1S/C47H91NO8/c1-3-5-7-9-11-13-15-17-18-19-20-21-22-23-24-25-27-29-31-33-35-37-43(51)48-40(39-55-47-46(54)45(53)44(52)42(38-49)56-47)41(50)36-34-32-30-28-26-16-14-12-10-8-6-4-2/h34,36,40-42,44-47,49-50,52-54H,3-33,35,37-39H2,1-2H3,(H,48,51)/b36-34+/t40-,41+,42+,44+,45?,46?,47+/m0/s1. The highest BCUT2D eigenvalue weighted by molar-refractivity contribution is 5.76. The minimum Gasteiger partial charge on any atom is -0.394 e. The quantitative estimate of drug-likeness (QED) is 0.0265. The van der Waals surface area contributed by atoms with Gasteiger partial charge in [-0.3, -0.25) is 4.79 Å². The number of rotatable bonds is 40. The minimum absolute atomic E-state index is 0.174. The van der Waals surface area contributed by atoms with E-state index in [1.165, 1.54) is 167 Å². The predicted octanol–water partition coefficient (Wildman–Crippen LogP) is 10.1. The van der Waals surface area contributed by atoms with E-state index in [0.29, 0.717) is 6.42 Å². The van der Waals surface area contributed by atoms with Gasteiger partial charge in [0.25, 0.3) is 0 Å². The van der Waals surface area contributed by atoms with Gasteiger partial charge in [-0.1, -0.05) is 212 Å². The Bertz CT molecular complexity index is 888. The van der Waals surface area contributed by atoms with Crippen LogP contribution in [0.4, 0.5) is 0 Å². The van der Waals surface area contributed by atoms with Crippen molar-refractivity contribution in [1.29, 1.82) is 0 Å². The molecule has 0 aromatic rings. The Kier molecular flexibility index (Phi) is 36.1. The van der Waals surface area contributed by atoms with Gasteiger partial charge in [-0.15, -0.1) is 0 Å². The molecule has 0 saturated carbocycles. The van der Waals surface area contributed by atoms with Gasteiger partial charge in [0, 0.05) is 6.42 Å². The zero-order chi connectivity index (χ0) is 40.9. The molecule has 9 heteroatoms. The highest BCUT2D eigenvalue weighted by Gasteiger charge is 2.44. The summed E-state index contributed by atoms with van der Waals surface area (Å²) >= 11 is 0. The summed E-state index contributed by atoms with van der Waals surface area (Å²) in [5.74, 6) is -0.174. The van der Waals surface area contributed by atoms with Gasteiger partial charge < -0.3 is 40.3 Å². The van der Waals surface area contributed by atoms with Crippen LogP contribution in [0, 0.1) is 0 Å². The number of hydrogen-bond acceptors (Lipinski definition) is 8. The molecule has 0 bridgehead atoms. The third-order valence-electron chi connectivity index (χ3n) is 11.6. The lowest BCUT2D eigenvalue weighted by Gasteiger charge is -2.40. The maximum Gasteiger partial charge on any atom is 0.220 e. The highest BCUT2D eigenvalue weighted by atomic mass is 16.7. The van der Waals surface area contributed by atoms with Gasteiger partial charge in [0.1, 0.15) is 24.4 Å². The summed E-state index contributed by atoms with van der Waals surface area (Å²) in [7, 11) is 0. The first kappa shape index (κ1) is 52.9. The summed E-state index contributed by atoms with van der Waals surface area (Å²) in [6, 6.07) is -0.797. The fourth-order valence-electron chi connectivity index (χ4n) is 7.75. The molecule has 1 amide bonds. The minimum atomic E-state index is -1.56. The molecule has 1 rings (SSSR count). The van der Waals surface area contributed by atoms with Crippen molar-refractivity contribution in [3.05, 3.63) is 12.2 Å². The fraction of sp³-hybridized carbons (Fsp3) is 0.936. The lowest BCUT2D eigenvalue weighted by atomic mass is 9.99. The Morgan fingerprint density at radius 3 is 1.39 bits per heavy atom. The normalized spacial score (nSPS) is 21.2. The van der Waals surface area contributed by atoms with E-state index in [4.69, 9.17) is 9.47 Å². The maximum absolute atomic E-state index is 13.0. The van der Waals surface area contributed by atoms with Crippen LogP contribution in [0.2, 0.25) is 0 Å². The van der Waals surface area contributed by atoms with Crippen molar-refractivity contribution in [3.8, 4) is 0 Å². The maximum atomic E-state index is 13.0. The molecule has 0 aromatic carbocycles. The van der Waals surface area contributed by atoms with E-state index in [9.17, 15) is 30.3 Å². The molecule has 9 nitrogen and oxygen atoms in total. The molecule has 7 atom stereocenters. The Morgan fingerprint density at radius 1 is 0.589 bits per heavy atom. The van der Waals surface area contributed by atoms with E-state index in [0.717, 1.165) is 38.5 Å². The molecule has 2 unspecified atom stereocenters. The van der Waals surface area contributed by atoms with Gasteiger partial charge in [0.05, 0.1) is 25.4 Å². The molecule has 56 heavy (non-hydrogen) atoms. The molecule has 1 heterocycles. The van der Waals surface area contributed by atoms with Crippen LogP contribution >= 0.6 is 0 Å². The first-order valence-corrected chi connectivity index (χ1v) is 23.9. The van der Waals surface area contributed by atoms with Gasteiger partial charge in [0.15, 0.2) is 6.29 Å². The Labute approximate surface area is 344 Å². The summed E-state index contributed by atoms with van der Waals surface area (Å²) < 4.78 is 11.2. The summed E-state index contributed by atoms with van der Waals surface area (Å²) in [6.45, 7) is 3.78. The molecule has 332 valence electrons. The van der Waals surface area contributed by atoms with Crippen LogP contribution in [0.25, 0.3) is 0 Å². The molecule has 1 fully saturated rings. The molecule has 6 N–H and O–H groups in total. The lowest BCUT2D eigenvalue weighted by Crippen LogP contribution is -2.60. The molecule has 0 radical (unpaired) electrons. The van der Waals surface area contributed by atoms with Crippen molar-refractivity contribution in [1.82, 2.24) is 5.32 Å². The number of aliphatic hydroxyl groups is 5. The van der Waals surface area contributed by atoms with Gasteiger partial charge in [-0.05, 0) is 19.3 Å². The van der Waals surface area contributed by atoms with Crippen LogP contribution in [0.1, 0.15) is 226 Å². The van der Waals surface area contributed by atoms with Crippen molar-refractivity contribution in [3.63, 3.8) is 0 Å². The van der Waals surface area contributed by atoms with Crippen molar-refractivity contribution in [2.45, 2.75) is 269 Å². The predicted molar refractivity (Wildman–Crippen MR) is 231 cm³/mol. The summed E-state index contributed by atoms with van der Waals surface area (Å²) in [5.41, 5.74) is 0. The highest BCUT2D eigenvalue weighted by Crippen LogP contribution is 2.23. The summed E-state index contributed by atoms with van der Waals surface area (Å²) in [4.78, 5) is 13.0. The Hall–Kier alpha value is -1.07. The van der Waals surface area contributed by atoms with Crippen molar-refractivity contribution >= 4 is 5.91 Å². The van der Waals surface area contributed by atoms with Crippen LogP contribution < -0.4 is 5.32 Å². The number of aliphatic hydroxyl groups excluding tert-OH is 5. The zero-order valence-electron chi connectivity index (χ0n) is 36.4. The smallest absolute Gasteiger partial charge is 0.220 e. The van der Waals surface area contributed by atoms with Crippen molar-refractivity contribution in [2.24, 2.45) is 0 Å². The van der Waals surface area contributed by atoms with Crippen molar-refractivity contribution < 1.29 is 39.8 Å². The Balaban J connectivity index is 2.27. The van der Waals surface area contributed by atoms with Gasteiger partial charge in [-0.25, -0.2) is 0 Å². The first-order chi connectivity index (χ1) is 27.3. The molecular weight excluding hydrogens is 707 g/mol. The second-order valence-corrected chi connectivity index (χ2v) is 16.9. The zero-order valence-corrected chi connectivity index (χ0v) is 36.4. The molecule has 0 spiro atoms. The molecule has 0 aliphatic carbocycles. The number of nitrogens with one attached hydrogen (secondary N) is 1. The fourth-order valence-corrected chi connectivity index (χ4v) is 7.75. The number of carbonyl (C=O) groups excluding carboxylic acids is 1. The van der Waals surface area contributed by atoms with E-state index >= 15 is 0 Å².